The molecule has 0 N–H and O–H groups in total. The average Bonchev–Trinajstić information content (AvgIpc) is 2.46. The van der Waals surface area contributed by atoms with Gasteiger partial charge in [0.15, 0.2) is 5.83 Å². The van der Waals surface area contributed by atoms with Crippen molar-refractivity contribution >= 4 is 0 Å². The molecule has 0 saturated heterocycles. The van der Waals surface area contributed by atoms with E-state index in [-0.39, 0.29) is 0 Å². The molecule has 2 aliphatic carbocycles. The summed E-state index contributed by atoms with van der Waals surface area (Å²) in [7, 11) is 0. The molecule has 0 atom stereocenters. The van der Waals surface area contributed by atoms with Gasteiger partial charge in [-0.05, 0) is 0 Å². The largest absolute Gasteiger partial charge is 0.410 e. The molecule has 18 heteroatoms. The summed E-state index contributed by atoms with van der Waals surface area (Å²) in [4.78, 5) is 0. The number of halogens is 18. The highest BCUT2D eigenvalue weighted by Gasteiger charge is 3.11. The zero-order valence-electron chi connectivity index (χ0n) is 12.3. The second-order valence-corrected chi connectivity index (χ2v) is 5.96. The summed E-state index contributed by atoms with van der Waals surface area (Å²) in [5.74, 6) is -41.0. The topological polar surface area (TPSA) is 0 Å². The van der Waals surface area contributed by atoms with E-state index >= 15 is 0 Å². The highest BCUT2D eigenvalue weighted by molar-refractivity contribution is 5.53. The lowest BCUT2D eigenvalue weighted by atomic mass is 9.49. The van der Waals surface area contributed by atoms with Crippen LogP contribution in [0.1, 0.15) is 0 Å². The van der Waals surface area contributed by atoms with Crippen molar-refractivity contribution < 1.29 is 79.0 Å². The summed E-state index contributed by atoms with van der Waals surface area (Å²) in [5, 5.41) is 0. The minimum Gasteiger partial charge on any atom is -0.228 e. The van der Waals surface area contributed by atoms with Gasteiger partial charge in [-0.25, -0.2) is 8.78 Å². The lowest BCUT2D eigenvalue weighted by Crippen LogP contribution is -2.93. The maximum absolute atomic E-state index is 14.3. The second-order valence-electron chi connectivity index (χ2n) is 5.96. The van der Waals surface area contributed by atoms with Crippen molar-refractivity contribution in [1.82, 2.24) is 0 Å². The molecule has 0 amide bonds. The molecule has 29 heavy (non-hydrogen) atoms. The van der Waals surface area contributed by atoms with Gasteiger partial charge in [-0.1, -0.05) is 0 Å². The predicted molar refractivity (Wildman–Crippen MR) is 51.3 cm³/mol. The fraction of sp³-hybridized carbons (Fsp3) is 0.818. The van der Waals surface area contributed by atoms with Gasteiger partial charge in [0, 0.05) is 0 Å². The minimum atomic E-state index is -8.21. The normalized spacial score (nSPS) is 29.2. The van der Waals surface area contributed by atoms with Crippen LogP contribution < -0.4 is 0 Å². The Balaban J connectivity index is 3.16. The molecular weight excluding hydrogens is 474 g/mol. The summed E-state index contributed by atoms with van der Waals surface area (Å²) < 4.78 is 237. The van der Waals surface area contributed by atoms with Gasteiger partial charge in [0.25, 0.3) is 5.67 Å². The van der Waals surface area contributed by atoms with Crippen LogP contribution in [0.5, 0.6) is 0 Å². The third-order valence-electron chi connectivity index (χ3n) is 4.60. The van der Waals surface area contributed by atoms with E-state index in [9.17, 15) is 79.0 Å². The zero-order valence-corrected chi connectivity index (χ0v) is 12.3. The van der Waals surface area contributed by atoms with Crippen molar-refractivity contribution in [3.63, 3.8) is 0 Å². The molecule has 1 saturated carbocycles. The fourth-order valence-electron chi connectivity index (χ4n) is 3.17. The number of allylic oxidation sites excluding steroid dienone is 2. The van der Waals surface area contributed by atoms with Crippen LogP contribution >= 0.6 is 0 Å². The second kappa shape index (κ2) is 5.03. The molecule has 0 unspecified atom stereocenters. The molecule has 0 radical (unpaired) electrons. The molecule has 0 bridgehead atoms. The van der Waals surface area contributed by atoms with E-state index in [1.807, 2.05) is 0 Å². The minimum absolute atomic E-state index is 4.53. The van der Waals surface area contributed by atoms with Crippen molar-refractivity contribution in [2.24, 2.45) is 5.41 Å². The molecule has 0 spiro atoms. The number of hydrogen-bond acceptors (Lipinski definition) is 0. The van der Waals surface area contributed by atoms with E-state index in [1.165, 1.54) is 0 Å². The lowest BCUT2D eigenvalue weighted by molar-refractivity contribution is -0.534. The molecule has 2 rings (SSSR count). The number of alkyl halides is 17. The van der Waals surface area contributed by atoms with Crippen LogP contribution in [0, 0.1) is 5.41 Å². The average molecular weight is 474 g/mol. The Hall–Kier alpha value is -1.52. The Labute approximate surface area is 145 Å². The molecule has 170 valence electrons. The Kier molecular flexibility index (Phi) is 4.12. The molecule has 0 aliphatic heterocycles. The van der Waals surface area contributed by atoms with Crippen molar-refractivity contribution in [2.75, 3.05) is 0 Å². The Bertz CT molecular complexity index is 728. The summed E-state index contributed by atoms with van der Waals surface area (Å²) in [6.45, 7) is 0. The molecule has 0 nitrogen and oxygen atoms in total. The number of rotatable bonds is 2. The van der Waals surface area contributed by atoms with Crippen LogP contribution in [0.25, 0.3) is 0 Å². The van der Waals surface area contributed by atoms with Crippen LogP contribution in [0.15, 0.2) is 11.4 Å². The smallest absolute Gasteiger partial charge is 0.228 e. The quantitative estimate of drug-likeness (QED) is 0.417. The Morgan fingerprint density at radius 1 is 0.483 bits per heavy atom. The van der Waals surface area contributed by atoms with Gasteiger partial charge in [-0.15, -0.1) is 0 Å². The molecule has 0 aromatic heterocycles. The first-order chi connectivity index (χ1) is 12.3. The van der Waals surface area contributed by atoms with Gasteiger partial charge in [0.05, 0.1) is 5.57 Å². The van der Waals surface area contributed by atoms with Crippen LogP contribution in [0.2, 0.25) is 0 Å². The summed E-state index contributed by atoms with van der Waals surface area (Å²) in [6.07, 6.45) is -16.4. The van der Waals surface area contributed by atoms with Crippen LogP contribution in [0.4, 0.5) is 79.0 Å². The van der Waals surface area contributed by atoms with E-state index in [1.54, 1.807) is 0 Å². The highest BCUT2D eigenvalue weighted by atomic mass is 19.4. The maximum Gasteiger partial charge on any atom is 0.410 e. The van der Waals surface area contributed by atoms with E-state index < -0.39 is 64.4 Å². The summed E-state index contributed by atoms with van der Waals surface area (Å²) in [5.41, 5.74) is -21.2. The van der Waals surface area contributed by atoms with E-state index in [0.717, 1.165) is 0 Å². The third kappa shape index (κ3) is 1.86. The fourth-order valence-corrected chi connectivity index (χ4v) is 3.17. The third-order valence-corrected chi connectivity index (χ3v) is 4.60. The zero-order chi connectivity index (χ0) is 23.7. The van der Waals surface area contributed by atoms with E-state index in [4.69, 9.17) is 0 Å². The summed E-state index contributed by atoms with van der Waals surface area (Å²) in [6, 6.07) is 0. The monoisotopic (exact) mass is 474 g/mol. The van der Waals surface area contributed by atoms with Crippen LogP contribution in [0.3, 0.4) is 0 Å². The van der Waals surface area contributed by atoms with E-state index in [2.05, 4.69) is 0 Å². The van der Waals surface area contributed by atoms with Gasteiger partial charge in [-0.3, -0.25) is 0 Å². The SMILES string of the molecule is FC1=C(C(C(F)(F)F)(C(F)(F)F)C2(F)C(F)(F)C(F)(F)C2(F)F)C(F)(F)C1(F)F. The van der Waals surface area contributed by atoms with Gasteiger partial charge in [-0.2, -0.15) is 70.2 Å². The van der Waals surface area contributed by atoms with Gasteiger partial charge in [0.2, 0.25) is 5.41 Å². The molecule has 1 fully saturated rings. The standard InChI is InChI=1S/C11F18/c12-2-1(4(13,14)5(2,15)16)3(10(24,25)26,11(27,28)29)6(17)7(18,19)9(22,23)8(6,20)21. The first kappa shape index (κ1) is 23.8. The Morgan fingerprint density at radius 3 is 1.03 bits per heavy atom. The maximum atomic E-state index is 14.3. The van der Waals surface area contributed by atoms with Crippen molar-refractivity contribution in [2.45, 2.75) is 47.6 Å². The number of hydrogen-bond donors (Lipinski definition) is 0. The molecular formula is C11F18. The first-order valence-corrected chi connectivity index (χ1v) is 6.40. The van der Waals surface area contributed by atoms with Crippen molar-refractivity contribution in [3.05, 3.63) is 11.4 Å². The molecule has 2 aliphatic rings. The van der Waals surface area contributed by atoms with E-state index in [0.29, 0.717) is 0 Å². The van der Waals surface area contributed by atoms with Crippen molar-refractivity contribution in [1.29, 1.82) is 0 Å². The van der Waals surface area contributed by atoms with Gasteiger partial charge in [0.1, 0.15) is 0 Å². The molecule has 0 aromatic carbocycles. The lowest BCUT2D eigenvalue weighted by Gasteiger charge is -2.63. The highest BCUT2D eigenvalue weighted by Crippen LogP contribution is 2.83. The van der Waals surface area contributed by atoms with Crippen molar-refractivity contribution in [3.8, 4) is 0 Å². The first-order valence-electron chi connectivity index (χ1n) is 6.40. The Morgan fingerprint density at radius 2 is 0.793 bits per heavy atom. The van der Waals surface area contributed by atoms with Crippen LogP contribution in [-0.4, -0.2) is 47.6 Å². The predicted octanol–water partition coefficient (Wildman–Crippen LogP) is 6.23. The molecule has 0 heterocycles. The summed E-state index contributed by atoms with van der Waals surface area (Å²) >= 11 is 0. The molecule has 0 aromatic rings. The van der Waals surface area contributed by atoms with Gasteiger partial charge >= 0.3 is 42.0 Å². The van der Waals surface area contributed by atoms with Crippen LogP contribution in [-0.2, 0) is 0 Å². The van der Waals surface area contributed by atoms with Gasteiger partial charge < -0.3 is 0 Å².